The molecule has 0 radical (unpaired) electrons. The van der Waals surface area contributed by atoms with E-state index in [9.17, 15) is 4.79 Å². The number of hydrogen-bond acceptors (Lipinski definition) is 1. The van der Waals surface area contributed by atoms with Gasteiger partial charge in [0.2, 0.25) is 5.91 Å². The maximum atomic E-state index is 11.2. The van der Waals surface area contributed by atoms with Gasteiger partial charge in [-0.05, 0) is 25.1 Å². The molecule has 1 rings (SSSR count). The number of rotatable bonds is 3. The maximum absolute atomic E-state index is 11.2. The largest absolute Gasteiger partial charge is 0.353 e. The van der Waals surface area contributed by atoms with Crippen molar-refractivity contribution in [3.8, 4) is 0 Å². The predicted molar refractivity (Wildman–Crippen MR) is 64.2 cm³/mol. The van der Waals surface area contributed by atoms with Crippen molar-refractivity contribution in [2.75, 3.05) is 6.54 Å². The topological polar surface area (TPSA) is 29.1 Å². The summed E-state index contributed by atoms with van der Waals surface area (Å²) in [5.74, 6) is -0.159. The monoisotopic (exact) mass is 243 g/mol. The molecule has 0 unspecified atom stereocenters. The van der Waals surface area contributed by atoms with Crippen LogP contribution in [0, 0.1) is 0 Å². The van der Waals surface area contributed by atoms with Crippen molar-refractivity contribution in [1.29, 1.82) is 0 Å². The summed E-state index contributed by atoms with van der Waals surface area (Å²) >= 11 is 11.8. The van der Waals surface area contributed by atoms with Gasteiger partial charge >= 0.3 is 0 Å². The third-order valence-corrected chi connectivity index (χ3v) is 2.41. The fraction of sp³-hybridized carbons (Fsp3) is 0.182. The first-order valence-electron chi connectivity index (χ1n) is 4.55. The molecule has 0 bridgehead atoms. The fourth-order valence-electron chi connectivity index (χ4n) is 1.06. The fourth-order valence-corrected chi connectivity index (χ4v) is 1.59. The zero-order valence-electron chi connectivity index (χ0n) is 8.26. The molecule has 1 N–H and O–H groups in total. The van der Waals surface area contributed by atoms with Gasteiger partial charge in [-0.25, -0.2) is 0 Å². The van der Waals surface area contributed by atoms with Gasteiger partial charge in [-0.15, -0.1) is 0 Å². The summed E-state index contributed by atoms with van der Waals surface area (Å²) < 4.78 is 0. The number of carbonyl (C=O) groups excluding carboxylic acids is 1. The summed E-state index contributed by atoms with van der Waals surface area (Å²) in [6, 6.07) is 5.21. The van der Waals surface area contributed by atoms with E-state index in [1.165, 1.54) is 6.08 Å². The number of benzene rings is 1. The van der Waals surface area contributed by atoms with Crippen LogP contribution in [0.4, 0.5) is 0 Å². The maximum Gasteiger partial charge on any atom is 0.243 e. The summed E-state index contributed by atoms with van der Waals surface area (Å²) in [5, 5.41) is 3.70. The molecule has 2 nitrogen and oxygen atoms in total. The number of amides is 1. The molecule has 0 spiro atoms. The highest BCUT2D eigenvalue weighted by Crippen LogP contribution is 2.25. The van der Waals surface area contributed by atoms with Gasteiger partial charge < -0.3 is 5.32 Å². The van der Waals surface area contributed by atoms with Crippen molar-refractivity contribution in [1.82, 2.24) is 5.32 Å². The Hall–Kier alpha value is -0.990. The molecule has 0 heterocycles. The van der Waals surface area contributed by atoms with Crippen LogP contribution in [-0.2, 0) is 4.79 Å². The van der Waals surface area contributed by atoms with Crippen LogP contribution in [0.15, 0.2) is 24.3 Å². The van der Waals surface area contributed by atoms with Gasteiger partial charge in [0.1, 0.15) is 0 Å². The van der Waals surface area contributed by atoms with Crippen molar-refractivity contribution in [3.05, 3.63) is 39.9 Å². The minimum absolute atomic E-state index is 0.159. The van der Waals surface area contributed by atoms with Crippen molar-refractivity contribution in [3.63, 3.8) is 0 Å². The Labute approximate surface area is 98.9 Å². The van der Waals surface area contributed by atoms with E-state index in [0.717, 1.165) is 0 Å². The summed E-state index contributed by atoms with van der Waals surface area (Å²) in [6.07, 6.45) is 3.02. The van der Waals surface area contributed by atoms with Crippen LogP contribution in [0.25, 0.3) is 6.08 Å². The highest BCUT2D eigenvalue weighted by atomic mass is 35.5. The first kappa shape index (κ1) is 12.1. The Morgan fingerprint density at radius 3 is 2.53 bits per heavy atom. The Morgan fingerprint density at radius 2 is 2.00 bits per heavy atom. The molecule has 0 aliphatic carbocycles. The van der Waals surface area contributed by atoms with Gasteiger partial charge in [0.25, 0.3) is 0 Å². The molecule has 1 amide bonds. The third kappa shape index (κ3) is 3.57. The van der Waals surface area contributed by atoms with Crippen molar-refractivity contribution in [2.24, 2.45) is 0 Å². The molecule has 0 aromatic heterocycles. The highest BCUT2D eigenvalue weighted by molar-refractivity contribution is 6.37. The normalized spacial score (nSPS) is 10.6. The van der Waals surface area contributed by atoms with Crippen LogP contribution in [0.5, 0.6) is 0 Å². The van der Waals surface area contributed by atoms with Crippen molar-refractivity contribution < 1.29 is 4.79 Å². The molecule has 0 aliphatic rings. The van der Waals surface area contributed by atoms with Crippen LogP contribution < -0.4 is 5.32 Å². The number of likely N-dealkylation sites (N-methyl/N-ethyl adjacent to an activating group) is 1. The minimum atomic E-state index is -0.159. The van der Waals surface area contributed by atoms with Gasteiger partial charge in [-0.2, -0.15) is 0 Å². The molecule has 4 heteroatoms. The Morgan fingerprint density at radius 1 is 1.40 bits per heavy atom. The van der Waals surface area contributed by atoms with Crippen LogP contribution >= 0.6 is 23.2 Å². The van der Waals surface area contributed by atoms with Crippen molar-refractivity contribution in [2.45, 2.75) is 6.92 Å². The lowest BCUT2D eigenvalue weighted by Gasteiger charge is -2.00. The molecule has 0 saturated carbocycles. The summed E-state index contributed by atoms with van der Waals surface area (Å²) in [4.78, 5) is 11.2. The molecular formula is C11H11Cl2NO. The van der Waals surface area contributed by atoms with Crippen LogP contribution in [0.2, 0.25) is 10.0 Å². The standard InChI is InChI=1S/C11H11Cl2NO/c1-2-14-11(15)7-6-8-9(12)4-3-5-10(8)13/h3-7H,2H2,1H3,(H,14,15). The second-order valence-corrected chi connectivity index (χ2v) is 3.68. The molecule has 80 valence electrons. The second-order valence-electron chi connectivity index (χ2n) is 2.86. The number of nitrogens with one attached hydrogen (secondary N) is 1. The van der Waals surface area contributed by atoms with Gasteiger partial charge in [-0.1, -0.05) is 29.3 Å². The average Bonchev–Trinajstić information content (AvgIpc) is 2.17. The first-order chi connectivity index (χ1) is 7.15. The van der Waals surface area contributed by atoms with E-state index >= 15 is 0 Å². The Balaban J connectivity index is 2.84. The van der Waals surface area contributed by atoms with Gasteiger partial charge in [0.15, 0.2) is 0 Å². The zero-order chi connectivity index (χ0) is 11.3. The zero-order valence-corrected chi connectivity index (χ0v) is 9.77. The average molecular weight is 244 g/mol. The first-order valence-corrected chi connectivity index (χ1v) is 5.30. The summed E-state index contributed by atoms with van der Waals surface area (Å²) in [6.45, 7) is 2.45. The molecule has 0 atom stereocenters. The van der Waals surface area contributed by atoms with Crippen LogP contribution in [0.1, 0.15) is 12.5 Å². The summed E-state index contributed by atoms with van der Waals surface area (Å²) in [5.41, 5.74) is 0.659. The van der Waals surface area contributed by atoms with Crippen LogP contribution in [0.3, 0.4) is 0 Å². The number of hydrogen-bond donors (Lipinski definition) is 1. The van der Waals surface area contributed by atoms with E-state index in [2.05, 4.69) is 5.32 Å². The lowest BCUT2D eigenvalue weighted by molar-refractivity contribution is -0.116. The molecule has 0 saturated heterocycles. The quantitative estimate of drug-likeness (QED) is 0.813. The van der Waals surface area contributed by atoms with Gasteiger partial charge in [0, 0.05) is 28.2 Å². The van der Waals surface area contributed by atoms with E-state index < -0.39 is 0 Å². The second kappa shape index (κ2) is 5.79. The predicted octanol–water partition coefficient (Wildman–Crippen LogP) is 3.14. The smallest absolute Gasteiger partial charge is 0.243 e. The van der Waals surface area contributed by atoms with E-state index in [4.69, 9.17) is 23.2 Å². The SMILES string of the molecule is CCNC(=O)C=Cc1c(Cl)cccc1Cl. The van der Waals surface area contributed by atoms with E-state index in [1.54, 1.807) is 24.3 Å². The van der Waals surface area contributed by atoms with Crippen molar-refractivity contribution >= 4 is 35.2 Å². The molecular weight excluding hydrogens is 233 g/mol. The minimum Gasteiger partial charge on any atom is -0.353 e. The lowest BCUT2D eigenvalue weighted by Crippen LogP contribution is -2.19. The number of halogens is 2. The van der Waals surface area contributed by atoms with E-state index in [-0.39, 0.29) is 5.91 Å². The molecule has 0 fully saturated rings. The molecule has 0 aliphatic heterocycles. The molecule has 1 aromatic rings. The van der Waals surface area contributed by atoms with Gasteiger partial charge in [0.05, 0.1) is 0 Å². The van der Waals surface area contributed by atoms with E-state index in [0.29, 0.717) is 22.2 Å². The Bertz CT molecular complexity index is 368. The summed E-state index contributed by atoms with van der Waals surface area (Å²) in [7, 11) is 0. The number of carbonyl (C=O) groups is 1. The molecule has 1 aromatic carbocycles. The lowest BCUT2D eigenvalue weighted by atomic mass is 10.2. The molecule has 15 heavy (non-hydrogen) atoms. The Kier molecular flexibility index (Phi) is 4.66. The van der Waals surface area contributed by atoms with Crippen LogP contribution in [-0.4, -0.2) is 12.5 Å². The van der Waals surface area contributed by atoms with Gasteiger partial charge in [-0.3, -0.25) is 4.79 Å². The van der Waals surface area contributed by atoms with E-state index in [1.807, 2.05) is 6.92 Å². The highest BCUT2D eigenvalue weighted by Gasteiger charge is 2.01. The third-order valence-electron chi connectivity index (χ3n) is 1.75.